The fourth-order valence-corrected chi connectivity index (χ4v) is 2.10. The molecule has 20 heavy (non-hydrogen) atoms. The normalized spacial score (nSPS) is 10.7. The van der Waals surface area contributed by atoms with Crippen LogP contribution in [0.3, 0.4) is 0 Å². The van der Waals surface area contributed by atoms with E-state index in [1.54, 1.807) is 12.3 Å². The van der Waals surface area contributed by atoms with Crippen LogP contribution in [0.1, 0.15) is 5.56 Å². The zero-order chi connectivity index (χ0) is 13.9. The van der Waals surface area contributed by atoms with E-state index in [4.69, 9.17) is 16.3 Å². The van der Waals surface area contributed by atoms with Crippen LogP contribution in [0.5, 0.6) is 5.75 Å². The van der Waals surface area contributed by atoms with Crippen LogP contribution in [-0.4, -0.2) is 4.98 Å². The third kappa shape index (κ3) is 2.58. The molecule has 3 aromatic rings. The number of benzene rings is 2. The predicted molar refractivity (Wildman–Crippen MR) is 77.5 cm³/mol. The van der Waals surface area contributed by atoms with Crippen molar-refractivity contribution < 1.29 is 9.13 Å². The van der Waals surface area contributed by atoms with E-state index in [1.807, 2.05) is 30.3 Å². The molecule has 0 N–H and O–H groups in total. The number of hydrogen-bond acceptors (Lipinski definition) is 2. The van der Waals surface area contributed by atoms with Gasteiger partial charge in [0.05, 0.1) is 5.02 Å². The van der Waals surface area contributed by atoms with Gasteiger partial charge in [-0.2, -0.15) is 0 Å². The summed E-state index contributed by atoms with van der Waals surface area (Å²) in [5.74, 6) is 0.238. The first-order chi connectivity index (χ1) is 9.74. The van der Waals surface area contributed by atoms with Crippen molar-refractivity contribution in [1.29, 1.82) is 0 Å². The Morgan fingerprint density at radius 2 is 1.95 bits per heavy atom. The molecule has 0 saturated heterocycles. The monoisotopic (exact) mass is 287 g/mol. The quantitative estimate of drug-likeness (QED) is 0.702. The highest BCUT2D eigenvalue weighted by Gasteiger charge is 2.05. The lowest BCUT2D eigenvalue weighted by molar-refractivity contribution is 0.309. The summed E-state index contributed by atoms with van der Waals surface area (Å²) in [5.41, 5.74) is 1.52. The zero-order valence-corrected chi connectivity index (χ0v) is 11.3. The molecule has 0 bridgehead atoms. The molecule has 2 nitrogen and oxygen atoms in total. The summed E-state index contributed by atoms with van der Waals surface area (Å²) in [6, 6.07) is 14.2. The number of fused-ring (bicyclic) bond motifs is 1. The molecule has 1 aromatic heterocycles. The maximum atomic E-state index is 13.4. The molecule has 0 radical (unpaired) electrons. The van der Waals surface area contributed by atoms with Crippen LogP contribution in [0.2, 0.25) is 5.02 Å². The van der Waals surface area contributed by atoms with E-state index in [0.717, 1.165) is 16.5 Å². The van der Waals surface area contributed by atoms with Gasteiger partial charge in [0.25, 0.3) is 0 Å². The SMILES string of the molecule is Fc1cc(COc2cccc3cccnc23)ccc1Cl. The minimum absolute atomic E-state index is 0.112. The van der Waals surface area contributed by atoms with Crippen LogP contribution in [0, 0.1) is 5.82 Å². The number of halogens is 2. The number of ether oxygens (including phenoxy) is 1. The molecule has 100 valence electrons. The fourth-order valence-electron chi connectivity index (χ4n) is 1.98. The van der Waals surface area contributed by atoms with Crippen LogP contribution < -0.4 is 4.74 Å². The molecule has 0 saturated carbocycles. The van der Waals surface area contributed by atoms with Gasteiger partial charge in [0, 0.05) is 11.6 Å². The highest BCUT2D eigenvalue weighted by Crippen LogP contribution is 2.24. The standard InChI is InChI=1S/C16H11ClFNO/c17-13-7-6-11(9-14(13)18)10-20-15-5-1-3-12-4-2-8-19-16(12)15/h1-9H,10H2. The van der Waals surface area contributed by atoms with E-state index in [9.17, 15) is 4.39 Å². The lowest BCUT2D eigenvalue weighted by Gasteiger charge is -2.09. The Kier molecular flexibility index (Phi) is 3.52. The maximum Gasteiger partial charge on any atom is 0.146 e. The number of rotatable bonds is 3. The van der Waals surface area contributed by atoms with Crippen LogP contribution in [0.15, 0.2) is 54.7 Å². The van der Waals surface area contributed by atoms with Crippen molar-refractivity contribution in [3.63, 3.8) is 0 Å². The summed E-state index contributed by atoms with van der Waals surface area (Å²) in [6.07, 6.45) is 1.72. The molecular formula is C16H11ClFNO. The van der Waals surface area contributed by atoms with Crippen molar-refractivity contribution in [1.82, 2.24) is 4.98 Å². The Labute approximate surface area is 120 Å². The summed E-state index contributed by atoms with van der Waals surface area (Å²) < 4.78 is 19.1. The first kappa shape index (κ1) is 12.9. The van der Waals surface area contributed by atoms with Crippen LogP contribution in [0.25, 0.3) is 10.9 Å². The van der Waals surface area contributed by atoms with Gasteiger partial charge < -0.3 is 4.74 Å². The van der Waals surface area contributed by atoms with E-state index < -0.39 is 5.82 Å². The zero-order valence-electron chi connectivity index (χ0n) is 10.5. The van der Waals surface area contributed by atoms with Crippen molar-refractivity contribution in [3.8, 4) is 5.75 Å². The topological polar surface area (TPSA) is 22.1 Å². The third-order valence-electron chi connectivity index (χ3n) is 2.97. The molecule has 0 atom stereocenters. The Bertz CT molecular complexity index is 755. The summed E-state index contributed by atoms with van der Waals surface area (Å²) in [5, 5.41) is 1.12. The van der Waals surface area contributed by atoms with E-state index in [2.05, 4.69) is 4.98 Å². The van der Waals surface area contributed by atoms with Gasteiger partial charge in [-0.05, 0) is 29.8 Å². The van der Waals surface area contributed by atoms with Gasteiger partial charge in [-0.1, -0.05) is 35.9 Å². The lowest BCUT2D eigenvalue weighted by Crippen LogP contribution is -1.97. The second-order valence-corrected chi connectivity index (χ2v) is 4.78. The van der Waals surface area contributed by atoms with Crippen LogP contribution in [-0.2, 0) is 6.61 Å². The minimum Gasteiger partial charge on any atom is -0.487 e. The number of aromatic nitrogens is 1. The molecule has 0 spiro atoms. The highest BCUT2D eigenvalue weighted by atomic mass is 35.5. The summed E-state index contributed by atoms with van der Waals surface area (Å²) in [4.78, 5) is 4.30. The van der Waals surface area contributed by atoms with E-state index in [1.165, 1.54) is 12.1 Å². The summed E-state index contributed by atoms with van der Waals surface area (Å²) in [6.45, 7) is 0.268. The maximum absolute atomic E-state index is 13.4. The first-order valence-corrected chi connectivity index (χ1v) is 6.52. The van der Waals surface area contributed by atoms with Crippen LogP contribution in [0.4, 0.5) is 4.39 Å². The third-order valence-corrected chi connectivity index (χ3v) is 3.28. The Balaban J connectivity index is 1.85. The van der Waals surface area contributed by atoms with Gasteiger partial charge in [-0.3, -0.25) is 4.98 Å². The Hall–Kier alpha value is -2.13. The van der Waals surface area contributed by atoms with Gasteiger partial charge in [0.2, 0.25) is 0 Å². The molecule has 4 heteroatoms. The summed E-state index contributed by atoms with van der Waals surface area (Å²) >= 11 is 5.65. The van der Waals surface area contributed by atoms with E-state index in [0.29, 0.717) is 5.75 Å². The number of para-hydroxylation sites is 1. The van der Waals surface area contributed by atoms with Crippen molar-refractivity contribution in [3.05, 3.63) is 71.1 Å². The lowest BCUT2D eigenvalue weighted by atomic mass is 10.2. The number of pyridine rings is 1. The predicted octanol–water partition coefficient (Wildman–Crippen LogP) is 4.61. The molecule has 0 aliphatic heterocycles. The number of hydrogen-bond donors (Lipinski definition) is 0. The number of nitrogens with zero attached hydrogens (tertiary/aromatic N) is 1. The largest absolute Gasteiger partial charge is 0.487 e. The van der Waals surface area contributed by atoms with Gasteiger partial charge >= 0.3 is 0 Å². The Morgan fingerprint density at radius 1 is 1.10 bits per heavy atom. The fraction of sp³-hybridized carbons (Fsp3) is 0.0625. The second kappa shape index (κ2) is 5.47. The molecule has 2 aromatic carbocycles. The van der Waals surface area contributed by atoms with Crippen molar-refractivity contribution >= 4 is 22.5 Å². The molecule has 0 unspecified atom stereocenters. The molecule has 0 fully saturated rings. The Morgan fingerprint density at radius 3 is 2.80 bits per heavy atom. The smallest absolute Gasteiger partial charge is 0.146 e. The molecule has 0 amide bonds. The highest BCUT2D eigenvalue weighted by molar-refractivity contribution is 6.30. The van der Waals surface area contributed by atoms with Crippen LogP contribution >= 0.6 is 11.6 Å². The summed E-state index contributed by atoms with van der Waals surface area (Å²) in [7, 11) is 0. The average molecular weight is 288 g/mol. The molecule has 3 rings (SSSR count). The molecule has 0 aliphatic carbocycles. The van der Waals surface area contributed by atoms with Gasteiger partial charge in [0.1, 0.15) is 23.7 Å². The van der Waals surface area contributed by atoms with E-state index in [-0.39, 0.29) is 11.6 Å². The second-order valence-electron chi connectivity index (χ2n) is 4.37. The molecule has 1 heterocycles. The van der Waals surface area contributed by atoms with Gasteiger partial charge in [0.15, 0.2) is 0 Å². The first-order valence-electron chi connectivity index (χ1n) is 6.14. The van der Waals surface area contributed by atoms with E-state index >= 15 is 0 Å². The van der Waals surface area contributed by atoms with Crippen molar-refractivity contribution in [2.24, 2.45) is 0 Å². The molecule has 0 aliphatic rings. The molecular weight excluding hydrogens is 277 g/mol. The minimum atomic E-state index is -0.441. The van der Waals surface area contributed by atoms with Crippen molar-refractivity contribution in [2.75, 3.05) is 0 Å². The van der Waals surface area contributed by atoms with Gasteiger partial charge in [-0.25, -0.2) is 4.39 Å². The average Bonchev–Trinajstić information content (AvgIpc) is 2.48. The van der Waals surface area contributed by atoms with Crippen molar-refractivity contribution in [2.45, 2.75) is 6.61 Å². The van der Waals surface area contributed by atoms with Gasteiger partial charge in [-0.15, -0.1) is 0 Å².